The van der Waals surface area contributed by atoms with E-state index in [1.54, 1.807) is 12.1 Å². The molecule has 0 spiro atoms. The Bertz CT molecular complexity index is 1080. The van der Waals surface area contributed by atoms with E-state index in [2.05, 4.69) is 10.3 Å². The fourth-order valence-electron chi connectivity index (χ4n) is 3.38. The summed E-state index contributed by atoms with van der Waals surface area (Å²) >= 11 is 6.02. The van der Waals surface area contributed by atoms with Crippen molar-refractivity contribution in [2.45, 2.75) is 13.0 Å². The van der Waals surface area contributed by atoms with Crippen molar-refractivity contribution in [3.8, 4) is 0 Å². The molecule has 0 saturated carbocycles. The van der Waals surface area contributed by atoms with Crippen LogP contribution >= 0.6 is 11.6 Å². The van der Waals surface area contributed by atoms with Crippen LogP contribution in [0.4, 0.5) is 10.1 Å². The lowest BCUT2D eigenvalue weighted by atomic mass is 10.0. The number of pyridine rings is 1. The summed E-state index contributed by atoms with van der Waals surface area (Å²) in [6, 6.07) is 10.8. The van der Waals surface area contributed by atoms with Crippen LogP contribution in [0.1, 0.15) is 11.3 Å². The normalized spacial score (nSPS) is 14.1. The number of H-pyrrole nitrogens is 1. The molecule has 1 amide bonds. The molecule has 4 rings (SSSR count). The first-order valence-corrected chi connectivity index (χ1v) is 8.98. The van der Waals surface area contributed by atoms with Gasteiger partial charge in [-0.1, -0.05) is 11.6 Å². The van der Waals surface area contributed by atoms with Crippen LogP contribution in [0.15, 0.2) is 47.3 Å². The average molecular weight is 386 g/mol. The molecule has 138 valence electrons. The highest BCUT2D eigenvalue weighted by atomic mass is 35.5. The molecule has 0 saturated heterocycles. The summed E-state index contributed by atoms with van der Waals surface area (Å²) in [5, 5.41) is 3.81. The fraction of sp³-hybridized carbons (Fsp3) is 0.200. The van der Waals surface area contributed by atoms with Crippen LogP contribution in [0, 0.1) is 5.82 Å². The monoisotopic (exact) mass is 385 g/mol. The summed E-state index contributed by atoms with van der Waals surface area (Å²) in [7, 11) is 0. The second kappa shape index (κ2) is 7.13. The fourth-order valence-corrected chi connectivity index (χ4v) is 3.55. The summed E-state index contributed by atoms with van der Waals surface area (Å²) in [5.74, 6) is -0.558. The smallest absolute Gasteiger partial charge is 0.238 e. The molecular formula is C20H17ClFN3O2. The number of aromatic nitrogens is 1. The summed E-state index contributed by atoms with van der Waals surface area (Å²) in [6.07, 6.45) is 0.660. The number of hydrogen-bond acceptors (Lipinski definition) is 3. The highest BCUT2D eigenvalue weighted by molar-refractivity contribution is 6.31. The minimum Gasteiger partial charge on any atom is -0.358 e. The van der Waals surface area contributed by atoms with Gasteiger partial charge in [0.15, 0.2) is 5.43 Å². The van der Waals surface area contributed by atoms with Gasteiger partial charge in [0.25, 0.3) is 0 Å². The van der Waals surface area contributed by atoms with E-state index in [4.69, 9.17) is 11.6 Å². The minimum absolute atomic E-state index is 0.0510. The Kier molecular flexibility index (Phi) is 4.68. The van der Waals surface area contributed by atoms with Gasteiger partial charge in [0, 0.05) is 52.4 Å². The maximum atomic E-state index is 12.9. The van der Waals surface area contributed by atoms with Crippen molar-refractivity contribution in [2.75, 3.05) is 18.4 Å². The van der Waals surface area contributed by atoms with Crippen LogP contribution in [-0.4, -0.2) is 28.9 Å². The van der Waals surface area contributed by atoms with Crippen molar-refractivity contribution in [1.82, 2.24) is 9.88 Å². The summed E-state index contributed by atoms with van der Waals surface area (Å²) in [6.45, 7) is 1.21. The molecule has 0 aliphatic carbocycles. The Labute approximate surface area is 159 Å². The lowest BCUT2D eigenvalue weighted by molar-refractivity contribution is -0.117. The van der Waals surface area contributed by atoms with Crippen molar-refractivity contribution in [2.24, 2.45) is 0 Å². The van der Waals surface area contributed by atoms with Crippen molar-refractivity contribution < 1.29 is 9.18 Å². The van der Waals surface area contributed by atoms with Gasteiger partial charge in [-0.05, 0) is 42.5 Å². The molecule has 0 atom stereocenters. The number of nitrogens with zero attached hydrogens (tertiary/aromatic N) is 1. The van der Waals surface area contributed by atoms with Gasteiger partial charge in [0.1, 0.15) is 5.82 Å². The molecule has 0 fully saturated rings. The number of aromatic amines is 1. The number of rotatable bonds is 3. The van der Waals surface area contributed by atoms with Crippen LogP contribution in [0.5, 0.6) is 0 Å². The summed E-state index contributed by atoms with van der Waals surface area (Å²) in [4.78, 5) is 30.3. The average Bonchev–Trinajstić information content (AvgIpc) is 2.65. The first kappa shape index (κ1) is 17.7. The molecule has 3 aromatic rings. The molecule has 1 aromatic heterocycles. The molecule has 2 aromatic carbocycles. The molecule has 5 nitrogen and oxygen atoms in total. The first-order chi connectivity index (χ1) is 13.0. The Morgan fingerprint density at radius 1 is 1.22 bits per heavy atom. The zero-order valence-electron chi connectivity index (χ0n) is 14.4. The molecule has 0 bridgehead atoms. The van der Waals surface area contributed by atoms with E-state index in [9.17, 15) is 14.0 Å². The van der Waals surface area contributed by atoms with Gasteiger partial charge < -0.3 is 10.3 Å². The van der Waals surface area contributed by atoms with Crippen LogP contribution in [0.3, 0.4) is 0 Å². The number of amides is 1. The molecular weight excluding hydrogens is 369 g/mol. The first-order valence-electron chi connectivity index (χ1n) is 8.60. The van der Waals surface area contributed by atoms with Gasteiger partial charge in [0.05, 0.1) is 6.54 Å². The molecule has 2 N–H and O–H groups in total. The molecule has 1 aliphatic heterocycles. The summed E-state index contributed by atoms with van der Waals surface area (Å²) in [5.41, 5.74) is 2.84. The van der Waals surface area contributed by atoms with Gasteiger partial charge >= 0.3 is 0 Å². The Morgan fingerprint density at radius 2 is 2.00 bits per heavy atom. The lowest BCUT2D eigenvalue weighted by Crippen LogP contribution is -2.39. The number of carbonyl (C=O) groups excluding carboxylic acids is 1. The van der Waals surface area contributed by atoms with Crippen molar-refractivity contribution >= 4 is 34.1 Å². The Balaban J connectivity index is 1.51. The van der Waals surface area contributed by atoms with Gasteiger partial charge in [-0.15, -0.1) is 0 Å². The summed E-state index contributed by atoms with van der Waals surface area (Å²) < 4.78 is 12.9. The Hall–Kier alpha value is -2.70. The maximum absolute atomic E-state index is 12.9. The van der Waals surface area contributed by atoms with E-state index in [-0.39, 0.29) is 23.7 Å². The second-order valence-corrected chi connectivity index (χ2v) is 7.05. The predicted octanol–water partition coefficient (Wildman–Crippen LogP) is 3.32. The molecule has 1 aliphatic rings. The van der Waals surface area contributed by atoms with Gasteiger partial charge in [-0.25, -0.2) is 4.39 Å². The number of hydrogen-bond donors (Lipinski definition) is 2. The maximum Gasteiger partial charge on any atom is 0.238 e. The third kappa shape index (κ3) is 3.72. The lowest BCUT2D eigenvalue weighted by Gasteiger charge is -2.27. The molecule has 7 heteroatoms. The predicted molar refractivity (Wildman–Crippen MR) is 104 cm³/mol. The number of halogens is 2. The van der Waals surface area contributed by atoms with E-state index in [1.807, 2.05) is 11.0 Å². The van der Waals surface area contributed by atoms with Gasteiger partial charge in [0.2, 0.25) is 5.91 Å². The van der Waals surface area contributed by atoms with E-state index < -0.39 is 0 Å². The number of anilines is 1. The zero-order valence-corrected chi connectivity index (χ0v) is 15.1. The van der Waals surface area contributed by atoms with Gasteiger partial charge in [-0.2, -0.15) is 0 Å². The minimum atomic E-state index is -0.354. The van der Waals surface area contributed by atoms with E-state index in [0.717, 1.165) is 11.2 Å². The molecule has 0 radical (unpaired) electrons. The van der Waals surface area contributed by atoms with Crippen molar-refractivity contribution in [3.63, 3.8) is 0 Å². The number of carbonyl (C=O) groups is 1. The SMILES string of the molecule is O=C(CN1CCc2[nH]c3ccc(Cl)cc3c(=O)c2C1)Nc1ccc(F)cc1. The highest BCUT2D eigenvalue weighted by Crippen LogP contribution is 2.21. The molecule has 27 heavy (non-hydrogen) atoms. The second-order valence-electron chi connectivity index (χ2n) is 6.62. The number of fused-ring (bicyclic) bond motifs is 2. The largest absolute Gasteiger partial charge is 0.358 e. The molecule has 2 heterocycles. The van der Waals surface area contributed by atoms with Crippen molar-refractivity contribution in [1.29, 1.82) is 0 Å². The van der Waals surface area contributed by atoms with Crippen LogP contribution in [-0.2, 0) is 17.8 Å². The molecule has 0 unspecified atom stereocenters. The standard InChI is InChI=1S/C20H17ClFN3O2/c21-12-1-6-17-15(9-12)20(27)16-10-25(8-7-18(16)24-17)11-19(26)23-14-4-2-13(22)3-5-14/h1-6,9H,7-8,10-11H2,(H,23,26)(H,24,27). The van der Waals surface area contributed by atoms with E-state index >= 15 is 0 Å². The van der Waals surface area contributed by atoms with Crippen molar-refractivity contribution in [3.05, 3.63) is 74.8 Å². The Morgan fingerprint density at radius 3 is 2.78 bits per heavy atom. The van der Waals surface area contributed by atoms with E-state index in [1.165, 1.54) is 24.3 Å². The van der Waals surface area contributed by atoms with Crippen LogP contribution < -0.4 is 10.7 Å². The topological polar surface area (TPSA) is 65.2 Å². The van der Waals surface area contributed by atoms with E-state index in [0.29, 0.717) is 41.2 Å². The third-order valence-corrected chi connectivity index (χ3v) is 4.94. The third-order valence-electron chi connectivity index (χ3n) is 4.71. The quantitative estimate of drug-likeness (QED) is 0.727. The highest BCUT2D eigenvalue weighted by Gasteiger charge is 2.22. The van der Waals surface area contributed by atoms with Crippen LogP contribution in [0.25, 0.3) is 10.9 Å². The number of benzene rings is 2. The van der Waals surface area contributed by atoms with Gasteiger partial charge in [-0.3, -0.25) is 14.5 Å². The zero-order chi connectivity index (χ0) is 19.0. The van der Waals surface area contributed by atoms with Crippen LogP contribution in [0.2, 0.25) is 5.02 Å². The number of nitrogens with one attached hydrogen (secondary N) is 2.